The van der Waals surface area contributed by atoms with Crippen molar-refractivity contribution in [3.8, 4) is 5.69 Å². The van der Waals surface area contributed by atoms with Crippen molar-refractivity contribution in [3.63, 3.8) is 0 Å². The van der Waals surface area contributed by atoms with E-state index >= 15 is 0 Å². The van der Waals surface area contributed by atoms with Crippen LogP contribution < -0.4 is 11.1 Å². The van der Waals surface area contributed by atoms with Gasteiger partial charge in [-0.3, -0.25) is 4.79 Å². The van der Waals surface area contributed by atoms with E-state index in [2.05, 4.69) is 15.6 Å². The molecule has 0 unspecified atom stereocenters. The van der Waals surface area contributed by atoms with E-state index in [-0.39, 0.29) is 5.91 Å². The maximum absolute atomic E-state index is 12.6. The zero-order chi connectivity index (χ0) is 15.4. The molecule has 1 fully saturated rings. The Labute approximate surface area is 128 Å². The molecule has 1 amide bonds. The third-order valence-corrected chi connectivity index (χ3v) is 4.13. The molecule has 0 spiro atoms. The third kappa shape index (κ3) is 2.86. The summed E-state index contributed by atoms with van der Waals surface area (Å²) in [6.07, 6.45) is 4.70. The van der Waals surface area contributed by atoms with E-state index in [0.29, 0.717) is 32.6 Å². The summed E-state index contributed by atoms with van der Waals surface area (Å²) in [5.41, 5.74) is 6.95. The van der Waals surface area contributed by atoms with Crippen LogP contribution in [-0.2, 0) is 9.53 Å². The van der Waals surface area contributed by atoms with Gasteiger partial charge in [-0.05, 0) is 37.1 Å². The molecule has 0 aliphatic carbocycles. The van der Waals surface area contributed by atoms with Gasteiger partial charge in [0, 0.05) is 25.4 Å². The second-order valence-corrected chi connectivity index (χ2v) is 5.45. The Bertz CT molecular complexity index is 618. The minimum absolute atomic E-state index is 0.0354. The van der Waals surface area contributed by atoms with E-state index in [1.54, 1.807) is 17.1 Å². The van der Waals surface area contributed by atoms with Crippen molar-refractivity contribution >= 4 is 11.6 Å². The lowest BCUT2D eigenvalue weighted by Gasteiger charge is -2.34. The number of nitrogens with one attached hydrogen (secondary N) is 1. The Balaban J connectivity index is 1.71. The highest BCUT2D eigenvalue weighted by atomic mass is 16.5. The Hall–Kier alpha value is -2.25. The number of ether oxygens (including phenoxy) is 1. The molecule has 7 heteroatoms. The van der Waals surface area contributed by atoms with Crippen molar-refractivity contribution in [2.45, 2.75) is 12.8 Å². The number of hydrogen-bond donors (Lipinski definition) is 2. The molecule has 1 aromatic heterocycles. The highest BCUT2D eigenvalue weighted by molar-refractivity contribution is 5.95. The summed E-state index contributed by atoms with van der Waals surface area (Å²) in [4.78, 5) is 12.6. The number of benzene rings is 1. The topological polar surface area (TPSA) is 95.1 Å². The van der Waals surface area contributed by atoms with Gasteiger partial charge in [0.05, 0.1) is 23.5 Å². The number of anilines is 1. The maximum atomic E-state index is 12.6. The van der Waals surface area contributed by atoms with Crippen molar-refractivity contribution in [1.82, 2.24) is 15.0 Å². The number of nitrogens with two attached hydrogens (primary N) is 1. The number of amides is 1. The van der Waals surface area contributed by atoms with E-state index in [0.717, 1.165) is 11.4 Å². The number of aromatic nitrogens is 3. The summed E-state index contributed by atoms with van der Waals surface area (Å²) in [7, 11) is 0. The predicted octanol–water partition coefficient (Wildman–Crippen LogP) is 0.961. The minimum atomic E-state index is -0.525. The fourth-order valence-electron chi connectivity index (χ4n) is 2.59. The summed E-state index contributed by atoms with van der Waals surface area (Å²) < 4.78 is 6.99. The van der Waals surface area contributed by atoms with Gasteiger partial charge in [-0.15, -0.1) is 5.10 Å². The molecule has 1 saturated heterocycles. The summed E-state index contributed by atoms with van der Waals surface area (Å²) in [6, 6.07) is 7.45. The molecule has 1 aromatic carbocycles. The monoisotopic (exact) mass is 301 g/mol. The van der Waals surface area contributed by atoms with Crippen LogP contribution in [0.4, 0.5) is 5.69 Å². The number of carbonyl (C=O) groups is 1. The Morgan fingerprint density at radius 2 is 2.05 bits per heavy atom. The number of carbonyl (C=O) groups excluding carboxylic acids is 1. The van der Waals surface area contributed by atoms with Crippen molar-refractivity contribution in [2.75, 3.05) is 25.1 Å². The van der Waals surface area contributed by atoms with Crippen LogP contribution in [0.3, 0.4) is 0 Å². The SMILES string of the molecule is NCC1(C(=O)Nc2ccc(-n3ccnn3)cc2)CCOCC1. The normalized spacial score (nSPS) is 17.1. The van der Waals surface area contributed by atoms with Crippen LogP contribution in [0.1, 0.15) is 12.8 Å². The molecule has 0 bridgehead atoms. The van der Waals surface area contributed by atoms with E-state index in [4.69, 9.17) is 10.5 Å². The standard InChI is InChI=1S/C15H19N5O2/c16-11-15(5-9-22-10-6-15)14(21)18-12-1-3-13(4-2-12)20-8-7-17-19-20/h1-4,7-8H,5-6,9-11,16H2,(H,18,21). The average molecular weight is 301 g/mol. The maximum Gasteiger partial charge on any atom is 0.232 e. The van der Waals surface area contributed by atoms with Gasteiger partial charge in [-0.2, -0.15) is 0 Å². The van der Waals surface area contributed by atoms with Gasteiger partial charge in [0.2, 0.25) is 5.91 Å². The van der Waals surface area contributed by atoms with E-state index in [1.807, 2.05) is 24.3 Å². The summed E-state index contributed by atoms with van der Waals surface area (Å²) in [6.45, 7) is 1.49. The molecular formula is C15H19N5O2. The van der Waals surface area contributed by atoms with Crippen molar-refractivity contribution < 1.29 is 9.53 Å². The molecule has 3 N–H and O–H groups in total. The Morgan fingerprint density at radius 3 is 2.64 bits per heavy atom. The number of hydrogen-bond acceptors (Lipinski definition) is 5. The van der Waals surface area contributed by atoms with E-state index in [9.17, 15) is 4.79 Å². The third-order valence-electron chi connectivity index (χ3n) is 4.13. The Kier molecular flexibility index (Phi) is 4.17. The van der Waals surface area contributed by atoms with Gasteiger partial charge < -0.3 is 15.8 Å². The van der Waals surface area contributed by atoms with Crippen LogP contribution in [-0.4, -0.2) is 40.7 Å². The first-order chi connectivity index (χ1) is 10.7. The van der Waals surface area contributed by atoms with Crippen molar-refractivity contribution in [2.24, 2.45) is 11.1 Å². The van der Waals surface area contributed by atoms with Gasteiger partial charge in [-0.1, -0.05) is 5.21 Å². The van der Waals surface area contributed by atoms with Crippen molar-refractivity contribution in [3.05, 3.63) is 36.7 Å². The lowest BCUT2D eigenvalue weighted by molar-refractivity contribution is -0.130. The largest absolute Gasteiger partial charge is 0.381 e. The Morgan fingerprint density at radius 1 is 1.32 bits per heavy atom. The lowest BCUT2D eigenvalue weighted by atomic mass is 9.79. The smallest absolute Gasteiger partial charge is 0.232 e. The molecule has 2 heterocycles. The molecule has 0 atom stereocenters. The first kappa shape index (κ1) is 14.7. The second-order valence-electron chi connectivity index (χ2n) is 5.45. The van der Waals surface area contributed by atoms with Crippen LogP contribution >= 0.6 is 0 Å². The highest BCUT2D eigenvalue weighted by Gasteiger charge is 2.38. The minimum Gasteiger partial charge on any atom is -0.381 e. The lowest BCUT2D eigenvalue weighted by Crippen LogP contribution is -2.46. The number of rotatable bonds is 4. The van der Waals surface area contributed by atoms with Crippen LogP contribution in [0.25, 0.3) is 5.69 Å². The average Bonchev–Trinajstić information content (AvgIpc) is 3.10. The highest BCUT2D eigenvalue weighted by Crippen LogP contribution is 2.31. The first-order valence-corrected chi connectivity index (χ1v) is 7.30. The molecular weight excluding hydrogens is 282 g/mol. The summed E-state index contributed by atoms with van der Waals surface area (Å²) >= 11 is 0. The zero-order valence-corrected chi connectivity index (χ0v) is 12.2. The molecule has 116 valence electrons. The molecule has 2 aromatic rings. The van der Waals surface area contributed by atoms with Crippen LogP contribution in [0.5, 0.6) is 0 Å². The van der Waals surface area contributed by atoms with Gasteiger partial charge in [0.15, 0.2) is 0 Å². The van der Waals surface area contributed by atoms with Gasteiger partial charge in [0.1, 0.15) is 0 Å². The van der Waals surface area contributed by atoms with Crippen LogP contribution in [0.15, 0.2) is 36.7 Å². The predicted molar refractivity (Wildman–Crippen MR) is 81.5 cm³/mol. The van der Waals surface area contributed by atoms with Crippen molar-refractivity contribution in [1.29, 1.82) is 0 Å². The van der Waals surface area contributed by atoms with Crippen LogP contribution in [0.2, 0.25) is 0 Å². The fraction of sp³-hybridized carbons (Fsp3) is 0.400. The molecule has 7 nitrogen and oxygen atoms in total. The summed E-state index contributed by atoms with van der Waals surface area (Å²) in [5, 5.41) is 10.6. The van der Waals surface area contributed by atoms with Gasteiger partial charge in [-0.25, -0.2) is 4.68 Å². The molecule has 3 rings (SSSR count). The molecule has 0 radical (unpaired) electrons. The molecule has 22 heavy (non-hydrogen) atoms. The quantitative estimate of drug-likeness (QED) is 0.877. The first-order valence-electron chi connectivity index (χ1n) is 7.30. The van der Waals surface area contributed by atoms with E-state index < -0.39 is 5.41 Å². The van der Waals surface area contributed by atoms with Gasteiger partial charge >= 0.3 is 0 Å². The second kappa shape index (κ2) is 6.25. The fourth-order valence-corrected chi connectivity index (χ4v) is 2.59. The summed E-state index contributed by atoms with van der Waals surface area (Å²) in [5.74, 6) is -0.0354. The van der Waals surface area contributed by atoms with Gasteiger partial charge in [0.25, 0.3) is 0 Å². The molecule has 0 saturated carbocycles. The van der Waals surface area contributed by atoms with E-state index in [1.165, 1.54) is 0 Å². The molecule has 1 aliphatic rings. The molecule has 1 aliphatic heterocycles. The zero-order valence-electron chi connectivity index (χ0n) is 12.2. The number of nitrogens with zero attached hydrogens (tertiary/aromatic N) is 3. The van der Waals surface area contributed by atoms with Crippen LogP contribution in [0, 0.1) is 5.41 Å².